The number of carbonyl (C=O) groups is 1. The zero-order valence-electron chi connectivity index (χ0n) is 18.6. The van der Waals surface area contributed by atoms with E-state index in [1.54, 1.807) is 18.9 Å². The summed E-state index contributed by atoms with van der Waals surface area (Å²) in [4.78, 5) is 24.2. The van der Waals surface area contributed by atoms with Crippen LogP contribution in [-0.2, 0) is 4.79 Å². The van der Waals surface area contributed by atoms with Gasteiger partial charge in [-0.25, -0.2) is 4.99 Å². The van der Waals surface area contributed by atoms with Gasteiger partial charge in [0.05, 0.1) is 23.5 Å². The molecule has 162 valence electrons. The van der Waals surface area contributed by atoms with Crippen LogP contribution in [-0.4, -0.2) is 36.7 Å². The first kappa shape index (κ1) is 21.8. The van der Waals surface area contributed by atoms with Gasteiger partial charge >= 0.3 is 0 Å². The molecule has 0 bridgehead atoms. The van der Waals surface area contributed by atoms with Crippen LogP contribution in [0, 0.1) is 13.8 Å². The van der Waals surface area contributed by atoms with Crippen molar-refractivity contribution in [3.05, 3.63) is 57.5 Å². The van der Waals surface area contributed by atoms with Gasteiger partial charge in [0.1, 0.15) is 10.7 Å². The molecule has 0 saturated carbocycles. The molecule has 4 rings (SSSR count). The zero-order chi connectivity index (χ0) is 22.1. The summed E-state index contributed by atoms with van der Waals surface area (Å²) in [6, 6.07) is 12.2. The summed E-state index contributed by atoms with van der Waals surface area (Å²) in [5, 5.41) is 1.71. The van der Waals surface area contributed by atoms with E-state index in [9.17, 15) is 4.79 Å². The lowest BCUT2D eigenvalue weighted by Crippen LogP contribution is -2.30. The number of aliphatic imine (C=N–C) groups is 1. The molecule has 0 spiro atoms. The largest absolute Gasteiger partial charge is 0.497 e. The minimum Gasteiger partial charge on any atom is -0.497 e. The molecule has 31 heavy (non-hydrogen) atoms. The smallest absolute Gasteiger partial charge is 0.269 e. The second kappa shape index (κ2) is 9.01. The van der Waals surface area contributed by atoms with Crippen molar-refractivity contribution >= 4 is 46.0 Å². The number of fused-ring (bicyclic) bond motifs is 1. The predicted molar refractivity (Wildman–Crippen MR) is 132 cm³/mol. The van der Waals surface area contributed by atoms with Crippen molar-refractivity contribution in [1.29, 1.82) is 0 Å². The van der Waals surface area contributed by atoms with Gasteiger partial charge in [-0.2, -0.15) is 0 Å². The summed E-state index contributed by atoms with van der Waals surface area (Å²) < 4.78 is 5.38. The number of amidine groups is 1. The second-order valence-corrected chi connectivity index (χ2v) is 9.73. The van der Waals surface area contributed by atoms with Crippen LogP contribution in [0.1, 0.15) is 30.9 Å². The Morgan fingerprint density at radius 3 is 2.61 bits per heavy atom. The Morgan fingerprint density at radius 1 is 1.10 bits per heavy atom. The van der Waals surface area contributed by atoms with Gasteiger partial charge in [0.25, 0.3) is 5.91 Å². The first-order valence-electron chi connectivity index (χ1n) is 10.4. The Labute approximate surface area is 192 Å². The van der Waals surface area contributed by atoms with Gasteiger partial charge in [-0.05, 0) is 55.8 Å². The van der Waals surface area contributed by atoms with Gasteiger partial charge in [-0.3, -0.25) is 9.69 Å². The second-order valence-electron chi connectivity index (χ2n) is 7.73. The van der Waals surface area contributed by atoms with E-state index in [4.69, 9.17) is 9.73 Å². The van der Waals surface area contributed by atoms with Gasteiger partial charge in [-0.15, -0.1) is 0 Å². The van der Waals surface area contributed by atoms with Gasteiger partial charge < -0.3 is 9.64 Å². The summed E-state index contributed by atoms with van der Waals surface area (Å²) in [6.07, 6.45) is 1.97. The highest BCUT2D eigenvalue weighted by Gasteiger charge is 2.39. The Hall–Kier alpha value is -2.38. The standard InChI is InChI=1S/C24H27N3O2S2/c1-6-7-12-27-22(28)21(31-24(27)25-18-10-8-15(2)13-16(18)3)23-26(4)19-14-17(29-5)9-11-20(19)30-23/h8-11,13-14H,6-7,12H2,1-5H3/b23-21+,25-24?. The van der Waals surface area contributed by atoms with E-state index in [1.807, 2.05) is 36.2 Å². The molecule has 2 heterocycles. The monoisotopic (exact) mass is 453 g/mol. The van der Waals surface area contributed by atoms with Crippen LogP contribution in [0.3, 0.4) is 0 Å². The fourth-order valence-corrected chi connectivity index (χ4v) is 5.96. The highest BCUT2D eigenvalue weighted by atomic mass is 32.2. The van der Waals surface area contributed by atoms with Crippen molar-refractivity contribution in [2.75, 3.05) is 25.6 Å². The van der Waals surface area contributed by atoms with Crippen LogP contribution in [0.15, 0.2) is 56.2 Å². The molecule has 2 aliphatic heterocycles. The molecule has 5 nitrogen and oxygen atoms in total. The minimum absolute atomic E-state index is 0.0380. The molecule has 2 aliphatic rings. The van der Waals surface area contributed by atoms with Gasteiger partial charge in [-0.1, -0.05) is 42.8 Å². The minimum atomic E-state index is 0.0380. The third-order valence-electron chi connectivity index (χ3n) is 5.40. The normalized spacial score (nSPS) is 19.5. The quantitative estimate of drug-likeness (QED) is 0.513. The fourth-order valence-electron chi connectivity index (χ4n) is 3.62. The molecule has 1 amide bonds. The number of hydrogen-bond acceptors (Lipinski definition) is 6. The topological polar surface area (TPSA) is 45.1 Å². The van der Waals surface area contributed by atoms with Crippen LogP contribution in [0.5, 0.6) is 5.75 Å². The highest BCUT2D eigenvalue weighted by Crippen LogP contribution is 2.51. The lowest BCUT2D eigenvalue weighted by molar-refractivity contribution is -0.122. The van der Waals surface area contributed by atoms with Crippen LogP contribution >= 0.6 is 23.5 Å². The van der Waals surface area contributed by atoms with Crippen molar-refractivity contribution in [2.45, 2.75) is 38.5 Å². The molecule has 1 saturated heterocycles. The molecule has 1 fully saturated rings. The summed E-state index contributed by atoms with van der Waals surface area (Å²) in [6.45, 7) is 6.96. The molecule has 0 radical (unpaired) electrons. The number of aryl methyl sites for hydroxylation is 2. The molecule has 0 unspecified atom stereocenters. The number of nitrogens with zero attached hydrogens (tertiary/aromatic N) is 3. The van der Waals surface area contributed by atoms with E-state index in [2.05, 4.69) is 37.8 Å². The average Bonchev–Trinajstić information content (AvgIpc) is 3.24. The molecule has 0 N–H and O–H groups in total. The number of rotatable bonds is 5. The van der Waals surface area contributed by atoms with Gasteiger partial charge in [0.15, 0.2) is 5.17 Å². The molecule has 2 aromatic carbocycles. The molecule has 7 heteroatoms. The summed E-state index contributed by atoms with van der Waals surface area (Å²) in [7, 11) is 3.67. The van der Waals surface area contributed by atoms with Crippen molar-refractivity contribution in [3.63, 3.8) is 0 Å². The maximum atomic E-state index is 13.5. The summed E-state index contributed by atoms with van der Waals surface area (Å²) >= 11 is 3.11. The Balaban J connectivity index is 1.73. The Morgan fingerprint density at radius 2 is 1.90 bits per heavy atom. The number of benzene rings is 2. The van der Waals surface area contributed by atoms with Crippen LogP contribution in [0.25, 0.3) is 0 Å². The Kier molecular flexibility index (Phi) is 6.34. The number of thioether (sulfide) groups is 2. The predicted octanol–water partition coefficient (Wildman–Crippen LogP) is 6.09. The Bertz CT molecular complexity index is 1090. The summed E-state index contributed by atoms with van der Waals surface area (Å²) in [5.41, 5.74) is 4.29. The number of hydrogen-bond donors (Lipinski definition) is 0. The number of amides is 1. The first-order valence-corrected chi connectivity index (χ1v) is 12.1. The lowest BCUT2D eigenvalue weighted by atomic mass is 10.1. The number of methoxy groups -OCH3 is 1. The average molecular weight is 454 g/mol. The molecular weight excluding hydrogens is 426 g/mol. The van der Waals surface area contributed by atoms with E-state index < -0.39 is 0 Å². The number of carbonyl (C=O) groups excluding carboxylic acids is 1. The summed E-state index contributed by atoms with van der Waals surface area (Å²) in [5.74, 6) is 0.848. The zero-order valence-corrected chi connectivity index (χ0v) is 20.2. The van der Waals surface area contributed by atoms with E-state index >= 15 is 0 Å². The highest BCUT2D eigenvalue weighted by molar-refractivity contribution is 8.19. The van der Waals surface area contributed by atoms with Crippen molar-refractivity contribution in [1.82, 2.24) is 4.90 Å². The SMILES string of the molecule is CCCCN1C(=O)/C(=C2\Sc3ccc(OC)cc3N2C)SC1=Nc1ccc(C)cc1C. The van der Waals surface area contributed by atoms with E-state index in [-0.39, 0.29) is 5.91 Å². The maximum Gasteiger partial charge on any atom is 0.269 e. The molecule has 2 aromatic rings. The molecule has 0 aromatic heterocycles. The molecular formula is C24H27N3O2S2. The van der Waals surface area contributed by atoms with Crippen molar-refractivity contribution in [3.8, 4) is 5.75 Å². The van der Waals surface area contributed by atoms with Crippen LogP contribution in [0.2, 0.25) is 0 Å². The first-order chi connectivity index (χ1) is 14.9. The van der Waals surface area contributed by atoms with Crippen LogP contribution in [0.4, 0.5) is 11.4 Å². The van der Waals surface area contributed by atoms with Crippen molar-refractivity contribution in [2.24, 2.45) is 4.99 Å². The lowest BCUT2D eigenvalue weighted by Gasteiger charge is -2.16. The third kappa shape index (κ3) is 4.21. The fraction of sp³-hybridized carbons (Fsp3) is 0.333. The van der Waals surface area contributed by atoms with Gasteiger partial charge in [0, 0.05) is 24.6 Å². The van der Waals surface area contributed by atoms with Crippen molar-refractivity contribution < 1.29 is 9.53 Å². The van der Waals surface area contributed by atoms with Crippen LogP contribution < -0.4 is 9.64 Å². The van der Waals surface area contributed by atoms with Gasteiger partial charge in [0.2, 0.25) is 0 Å². The number of anilines is 1. The number of unbranched alkanes of at least 4 members (excludes halogenated alkanes) is 1. The maximum absolute atomic E-state index is 13.5. The van der Waals surface area contributed by atoms with E-state index in [0.717, 1.165) is 55.5 Å². The molecule has 0 atom stereocenters. The van der Waals surface area contributed by atoms with E-state index in [1.165, 1.54) is 17.3 Å². The molecule has 0 aliphatic carbocycles. The third-order valence-corrected chi connectivity index (χ3v) is 7.83. The van der Waals surface area contributed by atoms with E-state index in [0.29, 0.717) is 6.54 Å². The number of ether oxygens (including phenoxy) is 1.